The Kier molecular flexibility index (Phi) is 5.32. The minimum atomic E-state index is -0.252. The lowest BCUT2D eigenvalue weighted by Gasteiger charge is -2.10. The molecule has 8 nitrogen and oxygen atoms in total. The Hall–Kier alpha value is -3.91. The first kappa shape index (κ1) is 19.4. The lowest BCUT2D eigenvalue weighted by molar-refractivity contribution is 0.102. The maximum Gasteiger partial charge on any atom is 0.256 e. The van der Waals surface area contributed by atoms with E-state index in [0.717, 1.165) is 16.9 Å². The number of hydrogen-bond acceptors (Lipinski definition) is 6. The number of nitrogens with one attached hydrogen (secondary N) is 1. The molecular formula is C22H20N6O2. The van der Waals surface area contributed by atoms with Crippen LogP contribution in [0.5, 0.6) is 0 Å². The summed E-state index contributed by atoms with van der Waals surface area (Å²) in [7, 11) is 0. The largest absolute Gasteiger partial charge is 0.390 e. The molecule has 1 aromatic carbocycles. The van der Waals surface area contributed by atoms with Gasteiger partial charge >= 0.3 is 0 Å². The summed E-state index contributed by atoms with van der Waals surface area (Å²) in [6.07, 6.45) is 3.54. The molecule has 4 aromatic rings. The maximum atomic E-state index is 12.3. The molecule has 1 amide bonds. The average Bonchev–Trinajstić information content (AvgIpc) is 3.20. The van der Waals surface area contributed by atoms with Crippen LogP contribution in [-0.2, 0) is 6.61 Å². The van der Waals surface area contributed by atoms with Gasteiger partial charge in [0.25, 0.3) is 5.91 Å². The minimum Gasteiger partial charge on any atom is -0.390 e. The quantitative estimate of drug-likeness (QED) is 0.533. The number of amides is 1. The summed E-state index contributed by atoms with van der Waals surface area (Å²) < 4.78 is 1.81. The number of aromatic nitrogens is 5. The molecule has 2 N–H and O–H groups in total. The van der Waals surface area contributed by atoms with Gasteiger partial charge in [-0.1, -0.05) is 17.7 Å². The second kappa shape index (κ2) is 8.22. The van der Waals surface area contributed by atoms with Crippen LogP contribution in [-0.4, -0.2) is 35.7 Å². The van der Waals surface area contributed by atoms with Crippen molar-refractivity contribution in [3.8, 4) is 17.1 Å². The van der Waals surface area contributed by atoms with Crippen LogP contribution < -0.4 is 5.32 Å². The van der Waals surface area contributed by atoms with Crippen LogP contribution in [0.3, 0.4) is 0 Å². The number of nitrogens with zero attached hydrogens (tertiary/aromatic N) is 5. The zero-order valence-electron chi connectivity index (χ0n) is 16.6. The molecule has 0 aliphatic rings. The van der Waals surface area contributed by atoms with Crippen LogP contribution in [0, 0.1) is 13.8 Å². The van der Waals surface area contributed by atoms with Crippen LogP contribution in [0.1, 0.15) is 27.3 Å². The Bertz CT molecular complexity index is 1180. The third-order valence-corrected chi connectivity index (χ3v) is 4.57. The molecule has 0 radical (unpaired) electrons. The molecule has 0 saturated carbocycles. The molecular weight excluding hydrogens is 380 g/mol. The molecule has 0 saturated heterocycles. The predicted molar refractivity (Wildman–Crippen MR) is 112 cm³/mol. The van der Waals surface area contributed by atoms with Gasteiger partial charge in [-0.2, -0.15) is 0 Å². The highest BCUT2D eigenvalue weighted by Gasteiger charge is 2.11. The minimum absolute atomic E-state index is 0.224. The Labute approximate surface area is 173 Å². The molecule has 0 atom stereocenters. The van der Waals surface area contributed by atoms with Gasteiger partial charge in [0, 0.05) is 11.8 Å². The molecule has 0 aliphatic carbocycles. The summed E-state index contributed by atoms with van der Waals surface area (Å²) in [5, 5.41) is 20.7. The Balaban J connectivity index is 1.53. The second-order valence-corrected chi connectivity index (χ2v) is 6.87. The summed E-state index contributed by atoms with van der Waals surface area (Å²) >= 11 is 0. The van der Waals surface area contributed by atoms with E-state index >= 15 is 0 Å². The fraction of sp³-hybridized carbons (Fsp3) is 0.136. The van der Waals surface area contributed by atoms with Gasteiger partial charge in [-0.05, 0) is 50.2 Å². The fourth-order valence-corrected chi connectivity index (χ4v) is 2.97. The number of carbonyl (C=O) groups excluding carboxylic acids is 1. The van der Waals surface area contributed by atoms with Crippen molar-refractivity contribution in [2.24, 2.45) is 0 Å². The summed E-state index contributed by atoms with van der Waals surface area (Å²) in [6.45, 7) is 3.63. The predicted octanol–water partition coefficient (Wildman–Crippen LogP) is 3.09. The SMILES string of the molecule is Cc1ccc(C(=O)Nc2ccc(-c3ccc(-n4cnc(C)c4)c(CO)n3)nn2)cc1. The number of carbonyl (C=O) groups is 1. The number of benzene rings is 1. The first-order valence-corrected chi connectivity index (χ1v) is 9.37. The standard InChI is InChI=1S/C22H20N6O2/c1-14-3-5-16(6-4-14)22(30)25-21-10-8-18(26-27-21)17-7-9-20(19(12-29)24-17)28-11-15(2)23-13-28/h3-11,13,29H,12H2,1-2H3,(H,25,27,30). The number of aliphatic hydroxyl groups is 1. The molecule has 0 unspecified atom stereocenters. The number of rotatable bonds is 5. The Morgan fingerprint density at radius 3 is 2.40 bits per heavy atom. The average molecular weight is 400 g/mol. The molecule has 8 heteroatoms. The van der Waals surface area contributed by atoms with Crippen molar-refractivity contribution in [2.75, 3.05) is 5.32 Å². The van der Waals surface area contributed by atoms with E-state index in [9.17, 15) is 9.90 Å². The van der Waals surface area contributed by atoms with Crippen molar-refractivity contribution in [3.05, 3.63) is 83.6 Å². The third kappa shape index (κ3) is 4.08. The molecule has 0 spiro atoms. The van der Waals surface area contributed by atoms with Gasteiger partial charge in [-0.3, -0.25) is 4.79 Å². The molecule has 30 heavy (non-hydrogen) atoms. The Morgan fingerprint density at radius 2 is 1.77 bits per heavy atom. The number of aliphatic hydroxyl groups excluding tert-OH is 1. The van der Waals surface area contributed by atoms with E-state index in [-0.39, 0.29) is 12.5 Å². The van der Waals surface area contributed by atoms with Crippen LogP contribution in [0.4, 0.5) is 5.82 Å². The molecule has 0 aliphatic heterocycles. The molecule has 0 fully saturated rings. The number of aryl methyl sites for hydroxylation is 2. The van der Waals surface area contributed by atoms with Crippen molar-refractivity contribution < 1.29 is 9.90 Å². The van der Waals surface area contributed by atoms with Crippen molar-refractivity contribution in [3.63, 3.8) is 0 Å². The van der Waals surface area contributed by atoms with Gasteiger partial charge in [0.05, 0.1) is 35.7 Å². The van der Waals surface area contributed by atoms with Gasteiger partial charge in [0.15, 0.2) is 5.82 Å². The summed E-state index contributed by atoms with van der Waals surface area (Å²) in [6, 6.07) is 14.3. The normalized spacial score (nSPS) is 10.8. The van der Waals surface area contributed by atoms with E-state index in [1.165, 1.54) is 0 Å². The van der Waals surface area contributed by atoms with Crippen molar-refractivity contribution >= 4 is 11.7 Å². The summed E-state index contributed by atoms with van der Waals surface area (Å²) in [4.78, 5) is 21.0. The van der Waals surface area contributed by atoms with Gasteiger partial charge in [0.1, 0.15) is 5.69 Å². The second-order valence-electron chi connectivity index (χ2n) is 6.87. The molecule has 150 valence electrons. The molecule has 3 heterocycles. The Morgan fingerprint density at radius 1 is 1.00 bits per heavy atom. The number of pyridine rings is 1. The summed E-state index contributed by atoms with van der Waals surface area (Å²) in [5.74, 6) is 0.0925. The number of anilines is 1. The van der Waals surface area contributed by atoms with Crippen molar-refractivity contribution in [1.82, 2.24) is 24.7 Å². The highest BCUT2D eigenvalue weighted by Crippen LogP contribution is 2.21. The van der Waals surface area contributed by atoms with Gasteiger partial charge < -0.3 is 15.0 Å². The van der Waals surface area contributed by atoms with Crippen LogP contribution in [0.25, 0.3) is 17.1 Å². The van der Waals surface area contributed by atoms with Crippen LogP contribution >= 0.6 is 0 Å². The van der Waals surface area contributed by atoms with E-state index in [4.69, 9.17) is 0 Å². The van der Waals surface area contributed by atoms with Crippen LogP contribution in [0.15, 0.2) is 61.1 Å². The lowest BCUT2D eigenvalue weighted by atomic mass is 10.1. The highest BCUT2D eigenvalue weighted by atomic mass is 16.3. The fourth-order valence-electron chi connectivity index (χ4n) is 2.97. The molecule has 4 rings (SSSR count). The maximum absolute atomic E-state index is 12.3. The topological polar surface area (TPSA) is 106 Å². The van der Waals surface area contributed by atoms with E-state index < -0.39 is 0 Å². The first-order chi connectivity index (χ1) is 14.5. The lowest BCUT2D eigenvalue weighted by Crippen LogP contribution is -2.13. The third-order valence-electron chi connectivity index (χ3n) is 4.57. The van der Waals surface area contributed by atoms with Crippen LogP contribution in [0.2, 0.25) is 0 Å². The van der Waals surface area contributed by atoms with E-state index in [1.54, 1.807) is 36.7 Å². The van der Waals surface area contributed by atoms with Gasteiger partial charge in [0.2, 0.25) is 0 Å². The highest BCUT2D eigenvalue weighted by molar-refractivity contribution is 6.03. The van der Waals surface area contributed by atoms with Crippen molar-refractivity contribution in [1.29, 1.82) is 0 Å². The number of imidazole rings is 1. The van der Waals surface area contributed by atoms with E-state index in [0.29, 0.717) is 28.5 Å². The van der Waals surface area contributed by atoms with E-state index in [1.807, 2.05) is 42.8 Å². The summed E-state index contributed by atoms with van der Waals surface area (Å²) in [5.41, 5.74) is 4.86. The molecule has 3 aromatic heterocycles. The molecule has 0 bridgehead atoms. The number of hydrogen-bond donors (Lipinski definition) is 2. The zero-order chi connectivity index (χ0) is 21.1. The van der Waals surface area contributed by atoms with E-state index in [2.05, 4.69) is 25.5 Å². The monoisotopic (exact) mass is 400 g/mol. The smallest absolute Gasteiger partial charge is 0.256 e. The van der Waals surface area contributed by atoms with Gasteiger partial charge in [-0.25, -0.2) is 9.97 Å². The zero-order valence-corrected chi connectivity index (χ0v) is 16.6. The van der Waals surface area contributed by atoms with Gasteiger partial charge in [-0.15, -0.1) is 10.2 Å². The first-order valence-electron chi connectivity index (χ1n) is 9.37. The van der Waals surface area contributed by atoms with Crippen molar-refractivity contribution in [2.45, 2.75) is 20.5 Å².